The van der Waals surface area contributed by atoms with Crippen molar-refractivity contribution < 1.29 is 27.5 Å². The van der Waals surface area contributed by atoms with E-state index in [1.54, 1.807) is 22.2 Å². The zero-order valence-corrected chi connectivity index (χ0v) is 15.9. The van der Waals surface area contributed by atoms with Crippen molar-refractivity contribution in [3.05, 3.63) is 18.0 Å². The number of halogens is 3. The van der Waals surface area contributed by atoms with Gasteiger partial charge in [-0.05, 0) is 18.4 Å². The number of carbonyl (C=O) groups is 2. The van der Waals surface area contributed by atoms with E-state index in [4.69, 9.17) is 4.74 Å². The molecule has 4 heterocycles. The van der Waals surface area contributed by atoms with Crippen LogP contribution in [0, 0.1) is 11.8 Å². The van der Waals surface area contributed by atoms with Gasteiger partial charge in [-0.25, -0.2) is 9.97 Å². The number of likely N-dealkylation sites (tertiary alicyclic amines) is 1. The highest BCUT2D eigenvalue weighted by atomic mass is 19.4. The molecule has 1 aromatic heterocycles. The first kappa shape index (κ1) is 19.9. The standard InChI is InChI=1S/C19H23F3N4O3/c20-19(21,22)15-3-4-25(10-15)18-23-6-13(7-24-18)14-8-26(9-14)16(27)2-1-12-5-17(28)29-11-12/h6-7,12,14-15H,1-5,8-11H2/t12-,15?/m0/s1. The molecule has 1 unspecified atom stereocenters. The van der Waals surface area contributed by atoms with Crippen molar-refractivity contribution in [2.45, 2.75) is 37.8 Å². The number of cyclic esters (lactones) is 1. The first-order chi connectivity index (χ1) is 13.8. The van der Waals surface area contributed by atoms with E-state index in [0.717, 1.165) is 5.56 Å². The number of ether oxygens (including phenoxy) is 1. The van der Waals surface area contributed by atoms with Crippen LogP contribution in [0.1, 0.15) is 37.2 Å². The lowest BCUT2D eigenvalue weighted by molar-refractivity contribution is -0.168. The monoisotopic (exact) mass is 412 g/mol. The number of anilines is 1. The second kappa shape index (κ2) is 7.79. The summed E-state index contributed by atoms with van der Waals surface area (Å²) in [6.07, 6.45) is 0.623. The SMILES string of the molecule is O=C1C[C@H](CCC(=O)N2CC(c3cnc(N4CCC(C(F)(F)F)C4)nc3)C2)CO1. The van der Waals surface area contributed by atoms with Crippen LogP contribution in [0.5, 0.6) is 0 Å². The summed E-state index contributed by atoms with van der Waals surface area (Å²) < 4.78 is 43.3. The van der Waals surface area contributed by atoms with Crippen LogP contribution in [0.15, 0.2) is 12.4 Å². The largest absolute Gasteiger partial charge is 0.465 e. The third kappa shape index (κ3) is 4.45. The zero-order chi connectivity index (χ0) is 20.6. The van der Waals surface area contributed by atoms with Crippen molar-refractivity contribution >= 4 is 17.8 Å². The second-order valence-electron chi connectivity index (χ2n) is 8.08. The van der Waals surface area contributed by atoms with E-state index in [1.165, 1.54) is 0 Å². The van der Waals surface area contributed by atoms with E-state index >= 15 is 0 Å². The Bertz CT molecular complexity index is 765. The smallest absolute Gasteiger partial charge is 0.393 e. The maximum atomic E-state index is 12.8. The van der Waals surface area contributed by atoms with E-state index in [1.807, 2.05) is 0 Å². The van der Waals surface area contributed by atoms with Crippen LogP contribution >= 0.6 is 0 Å². The summed E-state index contributed by atoms with van der Waals surface area (Å²) in [6.45, 7) is 1.77. The molecular weight excluding hydrogens is 389 g/mol. The molecule has 3 saturated heterocycles. The van der Waals surface area contributed by atoms with Crippen LogP contribution < -0.4 is 4.90 Å². The average Bonchev–Trinajstić information content (AvgIpc) is 3.28. The highest BCUT2D eigenvalue weighted by Crippen LogP contribution is 2.35. The number of nitrogens with zero attached hydrogens (tertiary/aromatic N) is 4. The molecule has 0 spiro atoms. The molecule has 158 valence electrons. The van der Waals surface area contributed by atoms with Gasteiger partial charge in [0.25, 0.3) is 0 Å². The third-order valence-electron chi connectivity index (χ3n) is 6.00. The number of carbonyl (C=O) groups excluding carboxylic acids is 2. The Morgan fingerprint density at radius 1 is 1.21 bits per heavy atom. The van der Waals surface area contributed by atoms with Crippen molar-refractivity contribution in [1.82, 2.24) is 14.9 Å². The molecule has 7 nitrogen and oxygen atoms in total. The van der Waals surface area contributed by atoms with Gasteiger partial charge in [-0.2, -0.15) is 13.2 Å². The Hall–Kier alpha value is -2.39. The number of amides is 1. The number of esters is 1. The fourth-order valence-electron chi connectivity index (χ4n) is 4.04. The summed E-state index contributed by atoms with van der Waals surface area (Å²) in [7, 11) is 0. The molecule has 0 saturated carbocycles. The number of hydrogen-bond acceptors (Lipinski definition) is 6. The number of aromatic nitrogens is 2. The van der Waals surface area contributed by atoms with Crippen LogP contribution in [0.25, 0.3) is 0 Å². The summed E-state index contributed by atoms with van der Waals surface area (Å²) in [6, 6.07) is 0. The molecule has 2 atom stereocenters. The summed E-state index contributed by atoms with van der Waals surface area (Å²) in [5.41, 5.74) is 0.888. The molecule has 10 heteroatoms. The lowest BCUT2D eigenvalue weighted by Crippen LogP contribution is -2.48. The molecule has 4 rings (SSSR count). The molecule has 3 aliphatic rings. The maximum Gasteiger partial charge on any atom is 0.393 e. The minimum Gasteiger partial charge on any atom is -0.465 e. The van der Waals surface area contributed by atoms with Gasteiger partial charge < -0.3 is 14.5 Å². The molecule has 3 fully saturated rings. The Labute approximate surface area is 166 Å². The van der Waals surface area contributed by atoms with E-state index in [9.17, 15) is 22.8 Å². The normalized spacial score (nSPS) is 25.3. The van der Waals surface area contributed by atoms with Crippen LogP contribution in [-0.2, 0) is 14.3 Å². The summed E-state index contributed by atoms with van der Waals surface area (Å²) in [5, 5.41) is 0. The van der Waals surface area contributed by atoms with Gasteiger partial charge >= 0.3 is 12.1 Å². The minimum absolute atomic E-state index is 0.0633. The van der Waals surface area contributed by atoms with E-state index in [-0.39, 0.29) is 36.7 Å². The van der Waals surface area contributed by atoms with E-state index in [2.05, 4.69) is 9.97 Å². The van der Waals surface area contributed by atoms with Gasteiger partial charge in [0.1, 0.15) is 0 Å². The summed E-state index contributed by atoms with van der Waals surface area (Å²) in [4.78, 5) is 35.2. The number of rotatable bonds is 5. The number of hydrogen-bond donors (Lipinski definition) is 0. The maximum absolute atomic E-state index is 12.8. The van der Waals surface area contributed by atoms with Gasteiger partial charge in [-0.1, -0.05) is 0 Å². The van der Waals surface area contributed by atoms with Crippen molar-refractivity contribution in [3.63, 3.8) is 0 Å². The summed E-state index contributed by atoms with van der Waals surface area (Å²) >= 11 is 0. The third-order valence-corrected chi connectivity index (χ3v) is 6.00. The number of alkyl halides is 3. The van der Waals surface area contributed by atoms with Gasteiger partial charge in [-0.3, -0.25) is 9.59 Å². The molecule has 1 amide bonds. The highest BCUT2D eigenvalue weighted by molar-refractivity contribution is 5.77. The van der Waals surface area contributed by atoms with Gasteiger partial charge in [0, 0.05) is 56.8 Å². The molecule has 0 N–H and O–H groups in total. The van der Waals surface area contributed by atoms with Gasteiger partial charge in [0.2, 0.25) is 11.9 Å². The second-order valence-corrected chi connectivity index (χ2v) is 8.08. The fraction of sp³-hybridized carbons (Fsp3) is 0.684. The minimum atomic E-state index is -4.18. The van der Waals surface area contributed by atoms with Crippen molar-refractivity contribution in [3.8, 4) is 0 Å². The Kier molecular flexibility index (Phi) is 5.35. The lowest BCUT2D eigenvalue weighted by Gasteiger charge is -2.39. The van der Waals surface area contributed by atoms with Gasteiger partial charge in [0.15, 0.2) is 0 Å². The molecular formula is C19H23F3N4O3. The van der Waals surface area contributed by atoms with Crippen LogP contribution in [0.2, 0.25) is 0 Å². The van der Waals surface area contributed by atoms with Crippen LogP contribution in [-0.4, -0.2) is 65.7 Å². The molecule has 1 aromatic rings. The molecule has 0 bridgehead atoms. The van der Waals surface area contributed by atoms with Crippen molar-refractivity contribution in [1.29, 1.82) is 0 Å². The Balaban J connectivity index is 1.23. The zero-order valence-electron chi connectivity index (χ0n) is 15.9. The predicted molar refractivity (Wildman–Crippen MR) is 96.0 cm³/mol. The molecule has 29 heavy (non-hydrogen) atoms. The van der Waals surface area contributed by atoms with E-state index < -0.39 is 12.1 Å². The van der Waals surface area contributed by atoms with Crippen molar-refractivity contribution in [2.75, 3.05) is 37.7 Å². The summed E-state index contributed by atoms with van der Waals surface area (Å²) in [5.74, 6) is -0.865. The predicted octanol–water partition coefficient (Wildman–Crippen LogP) is 2.13. The molecule has 0 radical (unpaired) electrons. The fourth-order valence-corrected chi connectivity index (χ4v) is 4.04. The quantitative estimate of drug-likeness (QED) is 0.690. The van der Waals surface area contributed by atoms with Crippen LogP contribution in [0.3, 0.4) is 0 Å². The first-order valence-corrected chi connectivity index (χ1v) is 9.86. The Morgan fingerprint density at radius 3 is 2.52 bits per heavy atom. The first-order valence-electron chi connectivity index (χ1n) is 9.86. The Morgan fingerprint density at radius 2 is 1.93 bits per heavy atom. The molecule has 0 aliphatic carbocycles. The topological polar surface area (TPSA) is 75.6 Å². The van der Waals surface area contributed by atoms with E-state index in [0.29, 0.717) is 51.5 Å². The molecule has 0 aromatic carbocycles. The highest BCUT2D eigenvalue weighted by Gasteiger charge is 2.44. The lowest BCUT2D eigenvalue weighted by atomic mass is 9.92. The van der Waals surface area contributed by atoms with Crippen molar-refractivity contribution in [2.24, 2.45) is 11.8 Å². The van der Waals surface area contributed by atoms with Crippen LogP contribution in [0.4, 0.5) is 19.1 Å². The van der Waals surface area contributed by atoms with Gasteiger partial charge in [0.05, 0.1) is 18.9 Å². The average molecular weight is 412 g/mol. The van der Waals surface area contributed by atoms with Gasteiger partial charge in [-0.15, -0.1) is 0 Å². The molecule has 3 aliphatic heterocycles.